The van der Waals surface area contributed by atoms with E-state index in [9.17, 15) is 4.79 Å². The van der Waals surface area contributed by atoms with Crippen LogP contribution in [-0.4, -0.2) is 28.9 Å². The Kier molecular flexibility index (Phi) is 4.38. The van der Waals surface area contributed by atoms with Gasteiger partial charge in [-0.2, -0.15) is 0 Å². The second-order valence-corrected chi connectivity index (χ2v) is 6.02. The second-order valence-electron chi connectivity index (χ2n) is 5.21. The van der Waals surface area contributed by atoms with Crippen LogP contribution >= 0.6 is 15.9 Å². The number of rotatable bonds is 2. The Balaban J connectivity index is 2.06. The summed E-state index contributed by atoms with van der Waals surface area (Å²) in [4.78, 5) is 18.3. The van der Waals surface area contributed by atoms with Gasteiger partial charge in [0.15, 0.2) is 0 Å². The highest BCUT2D eigenvalue weighted by Crippen LogP contribution is 2.27. The minimum Gasteiger partial charge on any atom is -0.339 e. The summed E-state index contributed by atoms with van der Waals surface area (Å²) in [5.41, 5.74) is 0.666. The molecule has 1 aliphatic rings. The molecule has 1 heterocycles. The van der Waals surface area contributed by atoms with Gasteiger partial charge in [-0.1, -0.05) is 19.8 Å². The monoisotopic (exact) mass is 310 g/mol. The highest BCUT2D eigenvalue weighted by atomic mass is 79.9. The van der Waals surface area contributed by atoms with Crippen LogP contribution < -0.4 is 0 Å². The number of halogens is 1. The fourth-order valence-electron chi connectivity index (χ4n) is 2.63. The van der Waals surface area contributed by atoms with Crippen LogP contribution in [-0.2, 0) is 0 Å². The van der Waals surface area contributed by atoms with Gasteiger partial charge < -0.3 is 4.90 Å². The Morgan fingerprint density at radius 2 is 2.22 bits per heavy atom. The first-order valence-electron chi connectivity index (χ1n) is 6.46. The topological polar surface area (TPSA) is 33.2 Å². The highest BCUT2D eigenvalue weighted by Gasteiger charge is 2.26. The van der Waals surface area contributed by atoms with Crippen LogP contribution in [0.2, 0.25) is 0 Å². The van der Waals surface area contributed by atoms with Crippen molar-refractivity contribution < 1.29 is 4.79 Å². The van der Waals surface area contributed by atoms with Gasteiger partial charge in [0.1, 0.15) is 4.60 Å². The third-order valence-corrected chi connectivity index (χ3v) is 4.22. The summed E-state index contributed by atoms with van der Waals surface area (Å²) in [5.74, 6) is 0.802. The van der Waals surface area contributed by atoms with Crippen molar-refractivity contribution >= 4 is 21.8 Å². The number of pyridine rings is 1. The number of hydrogen-bond acceptors (Lipinski definition) is 2. The molecule has 0 spiro atoms. The zero-order valence-electron chi connectivity index (χ0n) is 10.9. The van der Waals surface area contributed by atoms with E-state index in [4.69, 9.17) is 0 Å². The first kappa shape index (κ1) is 13.5. The fraction of sp³-hybridized carbons (Fsp3) is 0.571. The number of aromatic nitrogens is 1. The minimum atomic E-state index is 0.0779. The summed E-state index contributed by atoms with van der Waals surface area (Å²) in [5, 5.41) is 0. The van der Waals surface area contributed by atoms with E-state index in [1.807, 2.05) is 24.1 Å². The van der Waals surface area contributed by atoms with Crippen molar-refractivity contribution in [2.24, 2.45) is 5.92 Å². The van der Waals surface area contributed by atoms with Crippen LogP contribution in [0.25, 0.3) is 0 Å². The third kappa shape index (κ3) is 3.10. The third-order valence-electron chi connectivity index (χ3n) is 3.75. The van der Waals surface area contributed by atoms with Gasteiger partial charge in [-0.3, -0.25) is 4.79 Å². The Bertz CT molecular complexity index is 418. The molecule has 4 heteroatoms. The molecule has 1 amide bonds. The molecule has 0 bridgehead atoms. The van der Waals surface area contributed by atoms with Crippen LogP contribution in [0, 0.1) is 5.92 Å². The summed E-state index contributed by atoms with van der Waals surface area (Å²) in [7, 11) is 1.91. The number of carbonyl (C=O) groups is 1. The van der Waals surface area contributed by atoms with Crippen molar-refractivity contribution in [1.82, 2.24) is 9.88 Å². The zero-order chi connectivity index (χ0) is 13.1. The molecule has 0 N–H and O–H groups in total. The largest absolute Gasteiger partial charge is 0.339 e. The average molecular weight is 311 g/mol. The van der Waals surface area contributed by atoms with Gasteiger partial charge >= 0.3 is 0 Å². The number of nitrogens with zero attached hydrogens (tertiary/aromatic N) is 2. The number of carbonyl (C=O) groups excluding carboxylic acids is 1. The second kappa shape index (κ2) is 5.83. The molecular weight excluding hydrogens is 292 g/mol. The lowest BCUT2D eigenvalue weighted by molar-refractivity contribution is 0.0672. The predicted molar refractivity (Wildman–Crippen MR) is 75.5 cm³/mol. The fourth-order valence-corrected chi connectivity index (χ4v) is 2.86. The van der Waals surface area contributed by atoms with Crippen molar-refractivity contribution in [3.63, 3.8) is 0 Å². The van der Waals surface area contributed by atoms with Gasteiger partial charge in [-0.05, 0) is 46.8 Å². The maximum Gasteiger partial charge on any atom is 0.255 e. The Morgan fingerprint density at radius 1 is 1.44 bits per heavy atom. The lowest BCUT2D eigenvalue weighted by atomic mass is 9.86. The number of amides is 1. The normalized spacial score (nSPS) is 23.7. The Hall–Kier alpha value is -0.900. The standard InChI is InChI=1S/C14H19BrN2O/c1-10-4-3-5-12(8-10)17(2)14(18)11-6-7-13(15)16-9-11/h6-7,9-10,12H,3-5,8H2,1-2H3. The molecule has 1 aromatic rings. The van der Waals surface area contributed by atoms with Crippen molar-refractivity contribution in [2.75, 3.05) is 7.05 Å². The maximum absolute atomic E-state index is 12.3. The van der Waals surface area contributed by atoms with Crippen LogP contribution in [0.4, 0.5) is 0 Å². The Morgan fingerprint density at radius 3 is 2.83 bits per heavy atom. The van der Waals surface area contributed by atoms with Crippen molar-refractivity contribution in [3.05, 3.63) is 28.5 Å². The first-order valence-corrected chi connectivity index (χ1v) is 7.26. The van der Waals surface area contributed by atoms with Crippen molar-refractivity contribution in [3.8, 4) is 0 Å². The van der Waals surface area contributed by atoms with Gasteiger partial charge in [-0.15, -0.1) is 0 Å². The summed E-state index contributed by atoms with van der Waals surface area (Å²) >= 11 is 3.28. The van der Waals surface area contributed by atoms with Crippen LogP contribution in [0.3, 0.4) is 0 Å². The smallest absolute Gasteiger partial charge is 0.255 e. The van der Waals surface area contributed by atoms with E-state index in [2.05, 4.69) is 27.8 Å². The molecule has 1 aromatic heterocycles. The molecule has 2 atom stereocenters. The summed E-state index contributed by atoms with van der Waals surface area (Å²) in [6.07, 6.45) is 6.39. The van der Waals surface area contributed by atoms with E-state index >= 15 is 0 Å². The highest BCUT2D eigenvalue weighted by molar-refractivity contribution is 9.10. The van der Waals surface area contributed by atoms with E-state index in [1.54, 1.807) is 6.20 Å². The molecule has 1 saturated carbocycles. The molecule has 3 nitrogen and oxygen atoms in total. The zero-order valence-corrected chi connectivity index (χ0v) is 12.5. The van der Waals surface area contributed by atoms with Crippen LogP contribution in [0.1, 0.15) is 43.0 Å². The summed E-state index contributed by atoms with van der Waals surface area (Å²) in [6, 6.07) is 4.01. The van der Waals surface area contributed by atoms with Crippen molar-refractivity contribution in [2.45, 2.75) is 38.6 Å². The molecule has 2 unspecified atom stereocenters. The number of hydrogen-bond donors (Lipinski definition) is 0. The quantitative estimate of drug-likeness (QED) is 0.783. The predicted octanol–water partition coefficient (Wildman–Crippen LogP) is 3.49. The van der Waals surface area contributed by atoms with E-state index in [0.29, 0.717) is 11.6 Å². The van der Waals surface area contributed by atoms with Gasteiger partial charge in [0, 0.05) is 19.3 Å². The minimum absolute atomic E-state index is 0.0779. The molecule has 0 radical (unpaired) electrons. The molecular formula is C14H19BrN2O. The molecule has 1 fully saturated rings. The molecule has 1 aliphatic carbocycles. The van der Waals surface area contributed by atoms with E-state index in [0.717, 1.165) is 23.4 Å². The molecule has 2 rings (SSSR count). The van der Waals surface area contributed by atoms with E-state index in [1.165, 1.54) is 12.8 Å². The lowest BCUT2D eigenvalue weighted by Gasteiger charge is -2.34. The molecule has 0 aliphatic heterocycles. The van der Waals surface area contributed by atoms with E-state index in [-0.39, 0.29) is 5.91 Å². The maximum atomic E-state index is 12.3. The summed E-state index contributed by atoms with van der Waals surface area (Å²) in [6.45, 7) is 2.27. The van der Waals surface area contributed by atoms with Crippen molar-refractivity contribution in [1.29, 1.82) is 0 Å². The first-order chi connectivity index (χ1) is 8.58. The van der Waals surface area contributed by atoms with Crippen LogP contribution in [0.15, 0.2) is 22.9 Å². The SMILES string of the molecule is CC1CCCC(N(C)C(=O)c2ccc(Br)nc2)C1. The van der Waals surface area contributed by atoms with Gasteiger partial charge in [-0.25, -0.2) is 4.98 Å². The lowest BCUT2D eigenvalue weighted by Crippen LogP contribution is -2.39. The molecule has 0 aromatic carbocycles. The van der Waals surface area contributed by atoms with Gasteiger partial charge in [0.2, 0.25) is 0 Å². The molecule has 18 heavy (non-hydrogen) atoms. The van der Waals surface area contributed by atoms with E-state index < -0.39 is 0 Å². The molecule has 0 saturated heterocycles. The average Bonchev–Trinajstić information content (AvgIpc) is 2.38. The Labute approximate surface area is 117 Å². The van der Waals surface area contributed by atoms with Gasteiger partial charge in [0.05, 0.1) is 5.56 Å². The van der Waals surface area contributed by atoms with Gasteiger partial charge in [0.25, 0.3) is 5.91 Å². The molecule has 98 valence electrons. The summed E-state index contributed by atoms with van der Waals surface area (Å²) < 4.78 is 0.757. The van der Waals surface area contributed by atoms with Crippen LogP contribution in [0.5, 0.6) is 0 Å².